The lowest BCUT2D eigenvalue weighted by molar-refractivity contribution is -0.142. The lowest BCUT2D eigenvalue weighted by atomic mass is 10.0. The molecule has 3 rings (SSSR count). The van der Waals surface area contributed by atoms with Crippen molar-refractivity contribution in [3.63, 3.8) is 0 Å². The Labute approximate surface area is 137 Å². The number of rotatable bonds is 3. The fraction of sp³-hybridized carbons (Fsp3) is 0.333. The largest absolute Gasteiger partial charge is 0.481 e. The molecule has 2 unspecified atom stereocenters. The first kappa shape index (κ1) is 15.5. The number of benzene rings is 1. The van der Waals surface area contributed by atoms with Crippen LogP contribution in [-0.4, -0.2) is 49.5 Å². The molecular weight excluding hydrogens is 320 g/mol. The second-order valence-corrected chi connectivity index (χ2v) is 5.88. The Bertz CT molecular complexity index is 761. The molecule has 2 aromatic rings. The molecule has 2 heterocycles. The van der Waals surface area contributed by atoms with Crippen molar-refractivity contribution in [2.75, 3.05) is 6.54 Å². The van der Waals surface area contributed by atoms with E-state index in [4.69, 9.17) is 16.7 Å². The average molecular weight is 335 g/mol. The molecule has 8 heteroatoms. The molecule has 1 aromatic heterocycles. The first-order chi connectivity index (χ1) is 11.0. The number of hydrogen-bond donors (Lipinski definition) is 1. The quantitative estimate of drug-likeness (QED) is 0.925. The van der Waals surface area contributed by atoms with E-state index in [1.807, 2.05) is 6.07 Å². The molecule has 1 amide bonds. The molecule has 1 aliphatic rings. The van der Waals surface area contributed by atoms with Gasteiger partial charge in [-0.15, -0.1) is 5.10 Å². The van der Waals surface area contributed by atoms with Crippen LogP contribution in [0.5, 0.6) is 0 Å². The molecule has 2 atom stereocenters. The highest BCUT2D eigenvalue weighted by Gasteiger charge is 2.39. The summed E-state index contributed by atoms with van der Waals surface area (Å²) in [6.07, 6.45) is 1.95. The summed E-state index contributed by atoms with van der Waals surface area (Å²) >= 11 is 6.10. The van der Waals surface area contributed by atoms with Gasteiger partial charge in [0.2, 0.25) is 0 Å². The van der Waals surface area contributed by atoms with Crippen LogP contribution >= 0.6 is 11.6 Å². The summed E-state index contributed by atoms with van der Waals surface area (Å²) in [7, 11) is 0. The molecule has 1 aromatic carbocycles. The van der Waals surface area contributed by atoms with Crippen molar-refractivity contribution in [2.24, 2.45) is 5.92 Å². The molecule has 0 bridgehead atoms. The minimum atomic E-state index is -0.882. The van der Waals surface area contributed by atoms with E-state index in [0.29, 0.717) is 23.7 Å². The van der Waals surface area contributed by atoms with Crippen LogP contribution in [0.3, 0.4) is 0 Å². The maximum absolute atomic E-state index is 12.5. The Balaban J connectivity index is 1.82. The highest BCUT2D eigenvalue weighted by molar-refractivity contribution is 6.32. The lowest BCUT2D eigenvalue weighted by Crippen LogP contribution is -2.37. The van der Waals surface area contributed by atoms with Crippen molar-refractivity contribution in [1.82, 2.24) is 19.9 Å². The number of likely N-dealkylation sites (tertiary alicyclic amines) is 1. The molecule has 23 heavy (non-hydrogen) atoms. The molecule has 1 fully saturated rings. The number of carbonyl (C=O) groups is 2. The summed E-state index contributed by atoms with van der Waals surface area (Å²) in [6, 6.07) is 6.73. The van der Waals surface area contributed by atoms with Crippen molar-refractivity contribution in [3.05, 3.63) is 41.2 Å². The van der Waals surface area contributed by atoms with Crippen molar-refractivity contribution < 1.29 is 14.7 Å². The van der Waals surface area contributed by atoms with E-state index in [1.54, 1.807) is 25.1 Å². The van der Waals surface area contributed by atoms with E-state index < -0.39 is 11.9 Å². The second-order valence-electron chi connectivity index (χ2n) is 5.47. The van der Waals surface area contributed by atoms with Crippen LogP contribution < -0.4 is 0 Å². The number of carbonyl (C=O) groups excluding carboxylic acids is 1. The van der Waals surface area contributed by atoms with E-state index >= 15 is 0 Å². The molecule has 0 aliphatic carbocycles. The van der Waals surface area contributed by atoms with Gasteiger partial charge in [-0.3, -0.25) is 9.59 Å². The van der Waals surface area contributed by atoms with Crippen LogP contribution in [0.2, 0.25) is 5.02 Å². The van der Waals surface area contributed by atoms with Crippen LogP contribution in [0, 0.1) is 5.92 Å². The maximum atomic E-state index is 12.5. The van der Waals surface area contributed by atoms with E-state index in [9.17, 15) is 9.59 Å². The molecule has 120 valence electrons. The molecule has 1 aliphatic heterocycles. The van der Waals surface area contributed by atoms with E-state index in [2.05, 4.69) is 10.3 Å². The fourth-order valence-corrected chi connectivity index (χ4v) is 3.04. The first-order valence-corrected chi connectivity index (χ1v) is 7.58. The normalized spacial score (nSPS) is 20.7. The summed E-state index contributed by atoms with van der Waals surface area (Å²) in [4.78, 5) is 25.2. The third-order valence-electron chi connectivity index (χ3n) is 4.14. The van der Waals surface area contributed by atoms with Gasteiger partial charge < -0.3 is 10.0 Å². The first-order valence-electron chi connectivity index (χ1n) is 7.20. The summed E-state index contributed by atoms with van der Waals surface area (Å²) in [5, 5.41) is 17.5. The molecule has 1 saturated heterocycles. The van der Waals surface area contributed by atoms with Crippen LogP contribution in [-0.2, 0) is 4.79 Å². The summed E-state index contributed by atoms with van der Waals surface area (Å²) in [5.74, 6) is -1.75. The smallest absolute Gasteiger partial charge is 0.308 e. The average Bonchev–Trinajstić information content (AvgIpc) is 3.14. The molecular formula is C15H15ClN4O3. The maximum Gasteiger partial charge on any atom is 0.308 e. The summed E-state index contributed by atoms with van der Waals surface area (Å²) in [5.41, 5.74) is 0.793. The third kappa shape index (κ3) is 2.79. The minimum absolute atomic E-state index is 0.169. The number of hydrogen-bond acceptors (Lipinski definition) is 4. The lowest BCUT2D eigenvalue weighted by Gasteiger charge is -2.21. The predicted octanol–water partition coefficient (Wildman–Crippen LogP) is 1.86. The molecule has 7 nitrogen and oxygen atoms in total. The van der Waals surface area contributed by atoms with Gasteiger partial charge in [0.15, 0.2) is 5.69 Å². The predicted molar refractivity (Wildman–Crippen MR) is 82.6 cm³/mol. The zero-order valence-electron chi connectivity index (χ0n) is 12.4. The van der Waals surface area contributed by atoms with Gasteiger partial charge in [-0.2, -0.15) is 0 Å². The summed E-state index contributed by atoms with van der Waals surface area (Å²) in [6.45, 7) is 2.14. The molecule has 0 saturated carbocycles. The third-order valence-corrected chi connectivity index (χ3v) is 4.46. The second kappa shape index (κ2) is 6.00. The van der Waals surface area contributed by atoms with Gasteiger partial charge in [0, 0.05) is 12.6 Å². The van der Waals surface area contributed by atoms with E-state index in [1.165, 1.54) is 15.8 Å². The van der Waals surface area contributed by atoms with Gasteiger partial charge in [0.25, 0.3) is 5.91 Å². The summed E-state index contributed by atoms with van der Waals surface area (Å²) < 4.78 is 1.44. The Hall–Kier alpha value is -2.41. The Morgan fingerprint density at radius 2 is 2.09 bits per heavy atom. The molecule has 0 spiro atoms. The van der Waals surface area contributed by atoms with Crippen molar-refractivity contribution in [1.29, 1.82) is 0 Å². The van der Waals surface area contributed by atoms with Crippen molar-refractivity contribution in [2.45, 2.75) is 19.4 Å². The number of carboxylic acids is 1. The standard InChI is InChI=1S/C15H15ClN4O3/c1-9-10(15(22)23)6-7-19(9)14(21)12-8-20(18-17-12)13-5-3-2-4-11(13)16/h2-5,8-10H,6-7H2,1H3,(H,22,23). The number of aliphatic carboxylic acids is 1. The van der Waals surface area contributed by atoms with E-state index in [0.717, 1.165) is 0 Å². The van der Waals surface area contributed by atoms with Crippen LogP contribution in [0.25, 0.3) is 5.69 Å². The van der Waals surface area contributed by atoms with Crippen molar-refractivity contribution >= 4 is 23.5 Å². The number of carboxylic acid groups (broad SMARTS) is 1. The monoisotopic (exact) mass is 334 g/mol. The fourth-order valence-electron chi connectivity index (χ4n) is 2.82. The Morgan fingerprint density at radius 1 is 1.35 bits per heavy atom. The van der Waals surface area contributed by atoms with Gasteiger partial charge in [0.1, 0.15) is 0 Å². The van der Waals surface area contributed by atoms with Crippen molar-refractivity contribution in [3.8, 4) is 5.69 Å². The number of aromatic nitrogens is 3. The van der Waals surface area contributed by atoms with Gasteiger partial charge in [0.05, 0.1) is 22.8 Å². The molecule has 0 radical (unpaired) electrons. The Morgan fingerprint density at radius 3 is 2.74 bits per heavy atom. The van der Waals surface area contributed by atoms with Gasteiger partial charge in [-0.05, 0) is 25.5 Å². The zero-order valence-corrected chi connectivity index (χ0v) is 13.1. The highest BCUT2D eigenvalue weighted by atomic mass is 35.5. The van der Waals surface area contributed by atoms with Gasteiger partial charge in [-0.25, -0.2) is 4.68 Å². The van der Waals surface area contributed by atoms with Gasteiger partial charge >= 0.3 is 5.97 Å². The van der Waals surface area contributed by atoms with Crippen LogP contribution in [0.4, 0.5) is 0 Å². The number of amides is 1. The number of para-hydroxylation sites is 1. The van der Waals surface area contributed by atoms with Gasteiger partial charge in [-0.1, -0.05) is 28.9 Å². The highest BCUT2D eigenvalue weighted by Crippen LogP contribution is 2.26. The number of nitrogens with zero attached hydrogens (tertiary/aromatic N) is 4. The Kier molecular flexibility index (Phi) is 4.04. The molecule has 1 N–H and O–H groups in total. The SMILES string of the molecule is CC1C(C(=O)O)CCN1C(=O)c1cn(-c2ccccc2Cl)nn1. The topological polar surface area (TPSA) is 88.3 Å². The van der Waals surface area contributed by atoms with E-state index in [-0.39, 0.29) is 17.6 Å². The minimum Gasteiger partial charge on any atom is -0.481 e. The van der Waals surface area contributed by atoms with Crippen LogP contribution in [0.1, 0.15) is 23.8 Å². The zero-order chi connectivity index (χ0) is 16.6. The van der Waals surface area contributed by atoms with Crippen LogP contribution in [0.15, 0.2) is 30.5 Å². The number of halogens is 1.